The molecule has 0 N–H and O–H groups in total. The molecule has 1 unspecified atom stereocenters. The van der Waals surface area contributed by atoms with Crippen molar-refractivity contribution in [3.05, 3.63) is 74.6 Å². The van der Waals surface area contributed by atoms with Crippen molar-refractivity contribution in [2.75, 3.05) is 0 Å². The summed E-state index contributed by atoms with van der Waals surface area (Å²) < 4.78 is 13.6. The topological polar surface area (TPSA) is 65.7 Å². The second-order valence-corrected chi connectivity index (χ2v) is 8.69. The summed E-state index contributed by atoms with van der Waals surface area (Å²) in [6.45, 7) is 5.95. The summed E-state index contributed by atoms with van der Waals surface area (Å²) in [5, 5.41) is 4.43. The van der Waals surface area contributed by atoms with Crippen LogP contribution in [0.15, 0.2) is 58.9 Å². The third kappa shape index (κ3) is 3.72. The Balaban J connectivity index is 1.49. The first-order valence-corrected chi connectivity index (χ1v) is 11.0. The maximum absolute atomic E-state index is 12.9. The van der Waals surface area contributed by atoms with E-state index in [-0.39, 0.29) is 17.8 Å². The lowest BCUT2D eigenvalue weighted by Crippen LogP contribution is -2.26. The predicted molar refractivity (Wildman–Crippen MR) is 123 cm³/mol. The second kappa shape index (κ2) is 7.67. The molecule has 0 spiro atoms. The molecule has 3 heterocycles. The first-order valence-electron chi connectivity index (χ1n) is 10.1. The van der Waals surface area contributed by atoms with Crippen LogP contribution in [0.4, 0.5) is 0 Å². The van der Waals surface area contributed by atoms with Crippen molar-refractivity contribution in [2.45, 2.75) is 33.0 Å². The standard InChI is InChI=1S/C24H21N3O3S/c1-14(2)29-19-10-8-16(9-11-19)22-25-24-27(26-22)23(28)21(31-24)13-18-12-17-6-4-5-7-20(17)30-15(18)3/h4-15H,1-3H3/b21-13+. The summed E-state index contributed by atoms with van der Waals surface area (Å²) in [5.74, 6) is 2.17. The van der Waals surface area contributed by atoms with Crippen molar-refractivity contribution in [3.63, 3.8) is 0 Å². The summed E-state index contributed by atoms with van der Waals surface area (Å²) in [7, 11) is 0. The quantitative estimate of drug-likeness (QED) is 0.489. The van der Waals surface area contributed by atoms with Crippen molar-refractivity contribution in [1.82, 2.24) is 14.6 Å². The SMILES string of the molecule is CC(C)Oc1ccc(-c2nc3s/c(=C/C4=Cc5ccccc5OC4C)c(=O)n3n2)cc1. The molecule has 4 aromatic rings. The Morgan fingerprint density at radius 2 is 1.94 bits per heavy atom. The smallest absolute Gasteiger partial charge is 0.291 e. The van der Waals surface area contributed by atoms with Gasteiger partial charge in [-0.3, -0.25) is 4.79 Å². The first-order chi connectivity index (χ1) is 15.0. The Morgan fingerprint density at radius 3 is 2.68 bits per heavy atom. The van der Waals surface area contributed by atoms with E-state index in [1.165, 1.54) is 15.9 Å². The predicted octanol–water partition coefficient (Wildman–Crippen LogP) is 3.97. The normalized spacial score (nSPS) is 16.3. The van der Waals surface area contributed by atoms with E-state index in [1.807, 2.05) is 75.4 Å². The highest BCUT2D eigenvalue weighted by Gasteiger charge is 2.18. The van der Waals surface area contributed by atoms with E-state index in [4.69, 9.17) is 9.47 Å². The molecular formula is C24H21N3O3S. The van der Waals surface area contributed by atoms with E-state index in [0.717, 1.165) is 28.2 Å². The number of thiazole rings is 1. The van der Waals surface area contributed by atoms with E-state index in [1.54, 1.807) is 0 Å². The zero-order valence-electron chi connectivity index (χ0n) is 17.4. The molecule has 5 rings (SSSR count). The molecule has 1 aliphatic heterocycles. The van der Waals surface area contributed by atoms with Gasteiger partial charge in [0.15, 0.2) is 5.82 Å². The van der Waals surface area contributed by atoms with Gasteiger partial charge in [0.2, 0.25) is 4.96 Å². The number of nitrogens with zero attached hydrogens (tertiary/aromatic N) is 3. The molecule has 156 valence electrons. The van der Waals surface area contributed by atoms with Gasteiger partial charge in [0.05, 0.1) is 10.6 Å². The zero-order chi connectivity index (χ0) is 21.5. The maximum atomic E-state index is 12.9. The Labute approximate surface area is 183 Å². The zero-order valence-corrected chi connectivity index (χ0v) is 18.2. The van der Waals surface area contributed by atoms with Gasteiger partial charge < -0.3 is 9.47 Å². The Morgan fingerprint density at radius 1 is 1.16 bits per heavy atom. The molecule has 0 fully saturated rings. The summed E-state index contributed by atoms with van der Waals surface area (Å²) in [6, 6.07) is 15.4. The van der Waals surface area contributed by atoms with Crippen LogP contribution in [0.3, 0.4) is 0 Å². The van der Waals surface area contributed by atoms with Gasteiger partial charge in [-0.15, -0.1) is 5.10 Å². The average molecular weight is 432 g/mol. The highest BCUT2D eigenvalue weighted by molar-refractivity contribution is 7.15. The van der Waals surface area contributed by atoms with E-state index in [9.17, 15) is 4.79 Å². The lowest BCUT2D eigenvalue weighted by atomic mass is 10.0. The Bertz CT molecular complexity index is 1400. The number of benzene rings is 2. The van der Waals surface area contributed by atoms with Gasteiger partial charge in [0.25, 0.3) is 5.56 Å². The van der Waals surface area contributed by atoms with Gasteiger partial charge in [0.1, 0.15) is 17.6 Å². The van der Waals surface area contributed by atoms with Crippen LogP contribution in [0.2, 0.25) is 0 Å². The molecule has 0 amide bonds. The van der Waals surface area contributed by atoms with Crippen LogP contribution < -0.4 is 19.6 Å². The van der Waals surface area contributed by atoms with Gasteiger partial charge in [-0.2, -0.15) is 9.50 Å². The van der Waals surface area contributed by atoms with E-state index in [2.05, 4.69) is 16.2 Å². The van der Waals surface area contributed by atoms with Crippen molar-refractivity contribution >= 4 is 28.4 Å². The molecular weight excluding hydrogens is 410 g/mol. The third-order valence-electron chi connectivity index (χ3n) is 4.98. The number of rotatable bonds is 4. The van der Waals surface area contributed by atoms with Crippen molar-refractivity contribution in [3.8, 4) is 22.9 Å². The molecule has 1 aliphatic rings. The van der Waals surface area contributed by atoms with E-state index < -0.39 is 0 Å². The van der Waals surface area contributed by atoms with E-state index in [0.29, 0.717) is 15.3 Å². The minimum absolute atomic E-state index is 0.112. The molecule has 2 aromatic heterocycles. The molecule has 0 saturated heterocycles. The average Bonchev–Trinajstić information content (AvgIpc) is 3.28. The highest BCUT2D eigenvalue weighted by atomic mass is 32.1. The summed E-state index contributed by atoms with van der Waals surface area (Å²) in [5.41, 5.74) is 2.61. The molecule has 0 saturated carbocycles. The van der Waals surface area contributed by atoms with Gasteiger partial charge in [-0.05, 0) is 68.8 Å². The van der Waals surface area contributed by atoms with Crippen LogP contribution in [0, 0.1) is 0 Å². The fourth-order valence-corrected chi connectivity index (χ4v) is 4.39. The van der Waals surface area contributed by atoms with E-state index >= 15 is 0 Å². The fourth-order valence-electron chi connectivity index (χ4n) is 3.48. The number of fused-ring (bicyclic) bond motifs is 2. The number of para-hydroxylation sites is 1. The molecule has 1 atom stereocenters. The van der Waals surface area contributed by atoms with Gasteiger partial charge in [-0.25, -0.2) is 0 Å². The van der Waals surface area contributed by atoms with Crippen LogP contribution in [-0.4, -0.2) is 26.8 Å². The van der Waals surface area contributed by atoms with Crippen LogP contribution in [0.1, 0.15) is 26.3 Å². The molecule has 0 radical (unpaired) electrons. The van der Waals surface area contributed by atoms with Gasteiger partial charge in [-0.1, -0.05) is 29.5 Å². The molecule has 6 nitrogen and oxygen atoms in total. The summed E-state index contributed by atoms with van der Waals surface area (Å²) in [6.07, 6.45) is 3.91. The second-order valence-electron chi connectivity index (χ2n) is 7.68. The monoisotopic (exact) mass is 431 g/mol. The Kier molecular flexibility index (Phi) is 4.82. The number of hydrogen-bond acceptors (Lipinski definition) is 6. The summed E-state index contributed by atoms with van der Waals surface area (Å²) in [4.78, 5) is 18.1. The number of hydrogen-bond donors (Lipinski definition) is 0. The highest BCUT2D eigenvalue weighted by Crippen LogP contribution is 2.29. The third-order valence-corrected chi connectivity index (χ3v) is 5.94. The van der Waals surface area contributed by atoms with Crippen LogP contribution in [0.5, 0.6) is 11.5 Å². The number of aromatic nitrogens is 3. The maximum Gasteiger partial charge on any atom is 0.291 e. The van der Waals surface area contributed by atoms with Crippen LogP contribution in [0.25, 0.3) is 28.5 Å². The molecule has 7 heteroatoms. The lowest BCUT2D eigenvalue weighted by molar-refractivity contribution is 0.242. The van der Waals surface area contributed by atoms with Crippen molar-refractivity contribution < 1.29 is 9.47 Å². The van der Waals surface area contributed by atoms with Gasteiger partial charge in [0, 0.05) is 11.1 Å². The minimum atomic E-state index is -0.175. The fraction of sp³-hybridized carbons (Fsp3) is 0.208. The largest absolute Gasteiger partial charge is 0.491 e. The molecule has 2 aromatic carbocycles. The lowest BCUT2D eigenvalue weighted by Gasteiger charge is -2.22. The molecule has 0 bridgehead atoms. The summed E-state index contributed by atoms with van der Waals surface area (Å²) >= 11 is 1.33. The first kappa shape index (κ1) is 19.5. The van der Waals surface area contributed by atoms with Crippen LogP contribution in [-0.2, 0) is 0 Å². The Hall–Kier alpha value is -3.45. The van der Waals surface area contributed by atoms with Gasteiger partial charge >= 0.3 is 0 Å². The van der Waals surface area contributed by atoms with Crippen LogP contribution >= 0.6 is 11.3 Å². The van der Waals surface area contributed by atoms with Crippen molar-refractivity contribution in [1.29, 1.82) is 0 Å². The number of ether oxygens (including phenoxy) is 2. The molecule has 0 aliphatic carbocycles. The van der Waals surface area contributed by atoms with Crippen molar-refractivity contribution in [2.24, 2.45) is 0 Å². The minimum Gasteiger partial charge on any atom is -0.491 e. The molecule has 31 heavy (non-hydrogen) atoms.